The summed E-state index contributed by atoms with van der Waals surface area (Å²) >= 11 is 7.44. The number of ketones is 1. The van der Waals surface area contributed by atoms with Gasteiger partial charge in [0.05, 0.1) is 36.1 Å². The third-order valence-corrected chi connectivity index (χ3v) is 8.94. The van der Waals surface area contributed by atoms with Crippen LogP contribution in [0, 0.1) is 0 Å². The molecule has 7 rings (SSSR count). The fourth-order valence-corrected chi connectivity index (χ4v) is 6.76. The number of anilines is 1. The molecule has 1 aliphatic heterocycles. The Kier molecular flexibility index (Phi) is 7.59. The smallest absolute Gasteiger partial charge is 0.296 e. The summed E-state index contributed by atoms with van der Waals surface area (Å²) in [6.07, 6.45) is 0. The van der Waals surface area contributed by atoms with E-state index in [0.717, 1.165) is 10.3 Å². The van der Waals surface area contributed by atoms with Crippen molar-refractivity contribution >= 4 is 60.9 Å². The Morgan fingerprint density at radius 3 is 2.54 bits per heavy atom. The van der Waals surface area contributed by atoms with Crippen molar-refractivity contribution in [3.05, 3.63) is 124 Å². The molecule has 11 heteroatoms. The van der Waals surface area contributed by atoms with Gasteiger partial charge >= 0.3 is 0 Å². The number of amides is 1. The van der Waals surface area contributed by atoms with Gasteiger partial charge in [-0.3, -0.25) is 14.5 Å². The van der Waals surface area contributed by atoms with E-state index in [-0.39, 0.29) is 16.5 Å². The first-order valence-corrected chi connectivity index (χ1v) is 15.3. The van der Waals surface area contributed by atoms with Crippen LogP contribution in [0.5, 0.6) is 17.2 Å². The molecule has 0 aliphatic carbocycles. The molecule has 3 heterocycles. The zero-order valence-electron chi connectivity index (χ0n) is 24.5. The molecule has 1 atom stereocenters. The minimum Gasteiger partial charge on any atom is -0.503 e. The third-order valence-electron chi connectivity index (χ3n) is 7.69. The Morgan fingerprint density at radius 1 is 0.957 bits per heavy atom. The van der Waals surface area contributed by atoms with Crippen LogP contribution in [0.25, 0.3) is 21.2 Å². The van der Waals surface area contributed by atoms with E-state index in [1.165, 1.54) is 30.5 Å². The third kappa shape index (κ3) is 5.11. The molecule has 0 spiro atoms. The normalized spacial score (nSPS) is 14.8. The molecule has 46 heavy (non-hydrogen) atoms. The van der Waals surface area contributed by atoms with E-state index in [4.69, 9.17) is 30.2 Å². The van der Waals surface area contributed by atoms with E-state index >= 15 is 0 Å². The number of halogens is 1. The number of ether oxygens (including phenoxy) is 3. The molecule has 0 fully saturated rings. The van der Waals surface area contributed by atoms with Gasteiger partial charge in [-0.1, -0.05) is 71.5 Å². The number of Topliss-reactive ketones (excluding diaryl/α,β-unsaturated/α-hetero) is 1. The first-order valence-electron chi connectivity index (χ1n) is 14.1. The number of thiazole rings is 1. The lowest BCUT2D eigenvalue weighted by atomic mass is 9.95. The van der Waals surface area contributed by atoms with Crippen molar-refractivity contribution in [1.82, 2.24) is 4.98 Å². The van der Waals surface area contributed by atoms with Crippen molar-refractivity contribution in [1.29, 1.82) is 0 Å². The number of methoxy groups -OCH3 is 2. The van der Waals surface area contributed by atoms with Gasteiger partial charge in [-0.15, -0.1) is 0 Å². The average Bonchev–Trinajstić information content (AvgIpc) is 3.77. The molecule has 2 aromatic heterocycles. The molecule has 0 saturated carbocycles. The Hall–Kier alpha value is -5.32. The van der Waals surface area contributed by atoms with Crippen molar-refractivity contribution < 1.29 is 33.3 Å². The molecule has 0 radical (unpaired) electrons. The van der Waals surface area contributed by atoms with Crippen LogP contribution in [-0.4, -0.2) is 36.0 Å². The number of carbonyl (C=O) groups excluding carboxylic acids is 2. The molecule has 0 saturated heterocycles. The highest BCUT2D eigenvalue weighted by atomic mass is 35.5. The van der Waals surface area contributed by atoms with E-state index in [9.17, 15) is 14.7 Å². The standard InChI is InChI=1S/C35H25ClN2O7S/c1-42-25-10-6-9-21-16-27(45-33(21)25)31(39)29-30(20-11-14-24(26(15-20)43-2)44-18-19-7-4-3-5-8-19)38(34(41)32(29)40)35-37-23-13-12-22(36)17-28(23)46-35/h3-17,30,40H,18H2,1-2H3. The van der Waals surface area contributed by atoms with E-state index in [2.05, 4.69) is 4.98 Å². The highest BCUT2D eigenvalue weighted by Gasteiger charge is 2.47. The topological polar surface area (TPSA) is 111 Å². The van der Waals surface area contributed by atoms with Crippen LogP contribution in [0.3, 0.4) is 0 Å². The van der Waals surface area contributed by atoms with Gasteiger partial charge in [0, 0.05) is 10.4 Å². The lowest BCUT2D eigenvalue weighted by Crippen LogP contribution is -2.31. The fourth-order valence-electron chi connectivity index (χ4n) is 5.49. The van der Waals surface area contributed by atoms with E-state index in [1.54, 1.807) is 60.7 Å². The quantitative estimate of drug-likeness (QED) is 0.156. The number of nitrogens with zero attached hydrogens (tertiary/aromatic N) is 2. The van der Waals surface area contributed by atoms with Crippen molar-refractivity contribution in [2.24, 2.45) is 0 Å². The van der Waals surface area contributed by atoms with Gasteiger partial charge in [-0.05, 0) is 53.6 Å². The maximum Gasteiger partial charge on any atom is 0.296 e. The number of rotatable bonds is 9. The zero-order chi connectivity index (χ0) is 31.9. The number of carbonyl (C=O) groups is 2. The van der Waals surface area contributed by atoms with Crippen LogP contribution in [0.2, 0.25) is 5.02 Å². The number of benzene rings is 4. The van der Waals surface area contributed by atoms with Gasteiger partial charge in [0.15, 0.2) is 39.5 Å². The van der Waals surface area contributed by atoms with Crippen LogP contribution in [0.1, 0.15) is 27.7 Å². The second kappa shape index (κ2) is 11.9. The van der Waals surface area contributed by atoms with Crippen LogP contribution in [-0.2, 0) is 11.4 Å². The molecule has 9 nitrogen and oxygen atoms in total. The van der Waals surface area contributed by atoms with Crippen LogP contribution in [0.15, 0.2) is 107 Å². The molecule has 1 aliphatic rings. The number of furan rings is 1. The van der Waals surface area contributed by atoms with E-state index in [1.807, 2.05) is 30.3 Å². The van der Waals surface area contributed by atoms with Crippen molar-refractivity contribution in [2.75, 3.05) is 19.1 Å². The first kappa shape index (κ1) is 29.4. The second-order valence-corrected chi connectivity index (χ2v) is 11.9. The zero-order valence-corrected chi connectivity index (χ0v) is 26.1. The van der Waals surface area contributed by atoms with Gasteiger partial charge in [-0.25, -0.2) is 4.98 Å². The van der Waals surface area contributed by atoms with Gasteiger partial charge in [-0.2, -0.15) is 0 Å². The monoisotopic (exact) mass is 652 g/mol. The predicted octanol–water partition coefficient (Wildman–Crippen LogP) is 8.08. The molecule has 1 amide bonds. The number of para-hydroxylation sites is 1. The van der Waals surface area contributed by atoms with Crippen molar-refractivity contribution in [2.45, 2.75) is 12.6 Å². The summed E-state index contributed by atoms with van der Waals surface area (Å²) in [5.74, 6) is -0.927. The number of hydrogen-bond donors (Lipinski definition) is 1. The molecule has 230 valence electrons. The fraction of sp³-hybridized carbons (Fsp3) is 0.114. The first-order chi connectivity index (χ1) is 22.4. The number of fused-ring (bicyclic) bond motifs is 2. The summed E-state index contributed by atoms with van der Waals surface area (Å²) in [5, 5.41) is 12.8. The maximum absolute atomic E-state index is 14.2. The van der Waals surface area contributed by atoms with E-state index in [0.29, 0.717) is 50.9 Å². The lowest BCUT2D eigenvalue weighted by Gasteiger charge is -2.25. The molecule has 4 aromatic carbocycles. The Morgan fingerprint density at radius 2 is 1.76 bits per heavy atom. The molecule has 0 bridgehead atoms. The number of aliphatic hydroxyl groups is 1. The molecule has 1 N–H and O–H groups in total. The highest BCUT2D eigenvalue weighted by molar-refractivity contribution is 7.22. The summed E-state index contributed by atoms with van der Waals surface area (Å²) in [7, 11) is 3.01. The SMILES string of the molecule is COc1cc(C2C(C(=O)c3cc4cccc(OC)c4o3)=C(O)C(=O)N2c2nc3ccc(Cl)cc3s2)ccc1OCc1ccccc1. The molecule has 1 unspecified atom stereocenters. The summed E-state index contributed by atoms with van der Waals surface area (Å²) in [6, 6.07) is 25.8. The van der Waals surface area contributed by atoms with Crippen molar-refractivity contribution in [3.63, 3.8) is 0 Å². The Bertz CT molecular complexity index is 2170. The summed E-state index contributed by atoms with van der Waals surface area (Å²) in [5.41, 5.74) is 2.27. The minimum absolute atomic E-state index is 0.0634. The number of aromatic nitrogens is 1. The predicted molar refractivity (Wildman–Crippen MR) is 175 cm³/mol. The molecular formula is C35H25ClN2O7S. The Balaban J connectivity index is 1.33. The van der Waals surface area contributed by atoms with Crippen molar-refractivity contribution in [3.8, 4) is 17.2 Å². The van der Waals surface area contributed by atoms with Crippen LogP contribution >= 0.6 is 22.9 Å². The van der Waals surface area contributed by atoms with Gasteiger partial charge in [0.1, 0.15) is 6.61 Å². The van der Waals surface area contributed by atoms with E-state index < -0.39 is 23.5 Å². The summed E-state index contributed by atoms with van der Waals surface area (Å²) in [4.78, 5) is 34.0. The second-order valence-electron chi connectivity index (χ2n) is 10.5. The number of hydrogen-bond acceptors (Lipinski definition) is 9. The summed E-state index contributed by atoms with van der Waals surface area (Å²) in [6.45, 7) is 0.304. The van der Waals surface area contributed by atoms with Crippen LogP contribution < -0.4 is 19.1 Å². The highest BCUT2D eigenvalue weighted by Crippen LogP contribution is 2.46. The van der Waals surface area contributed by atoms with Gasteiger partial charge < -0.3 is 23.7 Å². The summed E-state index contributed by atoms with van der Waals surface area (Å²) < 4.78 is 23.8. The average molecular weight is 653 g/mol. The van der Waals surface area contributed by atoms with Crippen LogP contribution in [0.4, 0.5) is 5.13 Å². The molecule has 6 aromatic rings. The number of aliphatic hydroxyl groups excluding tert-OH is 1. The molecular weight excluding hydrogens is 628 g/mol. The van der Waals surface area contributed by atoms with Gasteiger partial charge in [0.25, 0.3) is 5.91 Å². The lowest BCUT2D eigenvalue weighted by molar-refractivity contribution is -0.117. The maximum atomic E-state index is 14.2. The Labute approximate surface area is 271 Å². The largest absolute Gasteiger partial charge is 0.503 e. The van der Waals surface area contributed by atoms with Gasteiger partial charge in [0.2, 0.25) is 5.78 Å². The minimum atomic E-state index is -1.08.